The van der Waals surface area contributed by atoms with Crippen LogP contribution in [0, 0.1) is 11.3 Å². The van der Waals surface area contributed by atoms with Crippen molar-refractivity contribution in [2.24, 2.45) is 0 Å². The van der Waals surface area contributed by atoms with Crippen LogP contribution in [0.1, 0.15) is 5.56 Å². The van der Waals surface area contributed by atoms with Gasteiger partial charge in [0.25, 0.3) is 0 Å². The van der Waals surface area contributed by atoms with Gasteiger partial charge in [0.2, 0.25) is 0 Å². The van der Waals surface area contributed by atoms with Gasteiger partial charge < -0.3 is 15.0 Å². The minimum atomic E-state index is 0.200. The molecule has 0 aliphatic rings. The molecule has 0 radical (unpaired) electrons. The molecule has 0 bridgehead atoms. The first-order chi connectivity index (χ1) is 15.1. The molecule has 1 aromatic carbocycles. The SMILES string of the molecule is N#Cc1ccc(NCCOc2ncc(-c3ncc[nH]3)c(-c3ccc(Cl)cc3Cl)n2)nc1. The van der Waals surface area contributed by atoms with E-state index in [1.54, 1.807) is 48.9 Å². The van der Waals surface area contributed by atoms with Gasteiger partial charge in [-0.1, -0.05) is 23.2 Å². The van der Waals surface area contributed by atoms with E-state index < -0.39 is 0 Å². The molecule has 31 heavy (non-hydrogen) atoms. The minimum absolute atomic E-state index is 0.200. The van der Waals surface area contributed by atoms with Crippen LogP contribution in [0.4, 0.5) is 5.82 Å². The maximum atomic E-state index is 8.82. The van der Waals surface area contributed by atoms with Crippen LogP contribution in [0.5, 0.6) is 6.01 Å². The Balaban J connectivity index is 1.51. The molecule has 154 valence electrons. The zero-order valence-electron chi connectivity index (χ0n) is 16.0. The van der Waals surface area contributed by atoms with Gasteiger partial charge >= 0.3 is 6.01 Å². The number of ether oxygens (including phenoxy) is 1. The molecule has 0 amide bonds. The molecule has 3 aromatic heterocycles. The van der Waals surface area contributed by atoms with Crippen LogP contribution in [0.25, 0.3) is 22.6 Å². The molecule has 0 atom stereocenters. The summed E-state index contributed by atoms with van der Waals surface area (Å²) in [5.41, 5.74) is 2.44. The first-order valence-electron chi connectivity index (χ1n) is 9.19. The molecule has 4 aromatic rings. The van der Waals surface area contributed by atoms with Gasteiger partial charge in [0, 0.05) is 35.4 Å². The van der Waals surface area contributed by atoms with E-state index in [2.05, 4.69) is 30.2 Å². The number of nitriles is 1. The monoisotopic (exact) mass is 451 g/mol. The van der Waals surface area contributed by atoms with Crippen molar-refractivity contribution < 1.29 is 4.74 Å². The standard InChI is InChI=1S/C21H15Cl2N7O/c22-14-2-3-15(17(23)9-14)19-16(20-26-5-6-27-20)12-29-21(30-19)31-8-7-25-18-4-1-13(10-24)11-28-18/h1-6,9,11-12H,7-8H2,(H,25,28)(H,26,27). The third-order valence-electron chi connectivity index (χ3n) is 4.24. The summed E-state index contributed by atoms with van der Waals surface area (Å²) in [4.78, 5) is 20.3. The first-order valence-corrected chi connectivity index (χ1v) is 9.94. The molecule has 2 N–H and O–H groups in total. The second-order valence-electron chi connectivity index (χ2n) is 6.30. The van der Waals surface area contributed by atoms with Gasteiger partial charge in [-0.25, -0.2) is 15.0 Å². The number of hydrogen-bond acceptors (Lipinski definition) is 7. The highest BCUT2D eigenvalue weighted by Gasteiger charge is 2.16. The van der Waals surface area contributed by atoms with E-state index in [4.69, 9.17) is 33.2 Å². The Morgan fingerprint density at radius 2 is 1.97 bits per heavy atom. The summed E-state index contributed by atoms with van der Waals surface area (Å²) in [5.74, 6) is 1.26. The number of imidazole rings is 1. The van der Waals surface area contributed by atoms with Crippen LogP contribution in [-0.2, 0) is 0 Å². The van der Waals surface area contributed by atoms with Crippen LogP contribution in [0.3, 0.4) is 0 Å². The van der Waals surface area contributed by atoms with Crippen LogP contribution in [0.2, 0.25) is 10.0 Å². The predicted molar refractivity (Wildman–Crippen MR) is 118 cm³/mol. The maximum absolute atomic E-state index is 8.82. The first kappa shape index (κ1) is 20.6. The van der Waals surface area contributed by atoms with Crippen molar-refractivity contribution in [1.82, 2.24) is 24.9 Å². The third kappa shape index (κ3) is 4.91. The zero-order chi connectivity index (χ0) is 21.6. The van der Waals surface area contributed by atoms with E-state index in [1.165, 1.54) is 6.20 Å². The highest BCUT2D eigenvalue weighted by atomic mass is 35.5. The van der Waals surface area contributed by atoms with Crippen LogP contribution >= 0.6 is 23.2 Å². The van der Waals surface area contributed by atoms with Crippen molar-refractivity contribution in [3.05, 3.63) is 70.7 Å². The van der Waals surface area contributed by atoms with Crippen molar-refractivity contribution in [1.29, 1.82) is 5.26 Å². The number of anilines is 1. The smallest absolute Gasteiger partial charge is 0.317 e. The number of rotatable bonds is 7. The van der Waals surface area contributed by atoms with Crippen LogP contribution < -0.4 is 10.1 Å². The summed E-state index contributed by atoms with van der Waals surface area (Å²) in [6.45, 7) is 0.773. The van der Waals surface area contributed by atoms with Gasteiger partial charge in [0.15, 0.2) is 0 Å². The molecule has 10 heteroatoms. The Bertz CT molecular complexity index is 1220. The fraction of sp³-hybridized carbons (Fsp3) is 0.0952. The lowest BCUT2D eigenvalue weighted by Gasteiger charge is -2.12. The maximum Gasteiger partial charge on any atom is 0.317 e. The third-order valence-corrected chi connectivity index (χ3v) is 4.79. The van der Waals surface area contributed by atoms with Gasteiger partial charge in [-0.2, -0.15) is 10.2 Å². The van der Waals surface area contributed by atoms with Crippen molar-refractivity contribution >= 4 is 29.0 Å². The molecular weight excluding hydrogens is 437 g/mol. The van der Waals surface area contributed by atoms with Crippen LogP contribution in [-0.4, -0.2) is 38.1 Å². The normalized spacial score (nSPS) is 10.5. The number of nitrogens with zero attached hydrogens (tertiary/aromatic N) is 5. The zero-order valence-corrected chi connectivity index (χ0v) is 17.5. The molecule has 4 rings (SSSR count). The van der Waals surface area contributed by atoms with Crippen LogP contribution in [0.15, 0.2) is 55.1 Å². The summed E-state index contributed by atoms with van der Waals surface area (Å²) in [6, 6.07) is 10.8. The highest BCUT2D eigenvalue weighted by molar-refractivity contribution is 6.36. The number of pyridine rings is 1. The summed E-state index contributed by atoms with van der Waals surface area (Å²) in [5, 5.41) is 12.9. The van der Waals surface area contributed by atoms with E-state index in [-0.39, 0.29) is 6.01 Å². The average molecular weight is 452 g/mol. The minimum Gasteiger partial charge on any atom is -0.462 e. The second-order valence-corrected chi connectivity index (χ2v) is 7.14. The average Bonchev–Trinajstić information content (AvgIpc) is 3.32. The lowest BCUT2D eigenvalue weighted by Crippen LogP contribution is -2.13. The molecule has 0 saturated carbocycles. The number of H-pyrrole nitrogens is 1. The number of nitrogens with one attached hydrogen (secondary N) is 2. The van der Waals surface area contributed by atoms with Crippen molar-refractivity contribution in [3.63, 3.8) is 0 Å². The topological polar surface area (TPSA) is 112 Å². The Morgan fingerprint density at radius 1 is 1.06 bits per heavy atom. The molecule has 0 aliphatic carbocycles. The summed E-state index contributed by atoms with van der Waals surface area (Å²) < 4.78 is 5.71. The van der Waals surface area contributed by atoms with Gasteiger partial charge in [0.1, 0.15) is 24.3 Å². The van der Waals surface area contributed by atoms with Gasteiger partial charge in [-0.3, -0.25) is 0 Å². The molecule has 8 nitrogen and oxygen atoms in total. The van der Waals surface area contributed by atoms with Gasteiger partial charge in [0.05, 0.1) is 28.4 Å². The second kappa shape index (κ2) is 9.43. The number of aromatic amines is 1. The van der Waals surface area contributed by atoms with Crippen molar-refractivity contribution in [2.45, 2.75) is 0 Å². The summed E-state index contributed by atoms with van der Waals surface area (Å²) in [6.07, 6.45) is 6.50. The molecule has 0 fully saturated rings. The Hall–Kier alpha value is -3.67. The van der Waals surface area contributed by atoms with E-state index in [0.29, 0.717) is 57.2 Å². The number of halogens is 2. The van der Waals surface area contributed by atoms with Gasteiger partial charge in [-0.05, 0) is 30.3 Å². The number of aromatic nitrogens is 5. The molecular formula is C21H15Cl2N7O. The number of hydrogen-bond donors (Lipinski definition) is 2. The quantitative estimate of drug-likeness (QED) is 0.394. The largest absolute Gasteiger partial charge is 0.462 e. The number of benzene rings is 1. The van der Waals surface area contributed by atoms with E-state index >= 15 is 0 Å². The fourth-order valence-corrected chi connectivity index (χ4v) is 3.29. The lowest BCUT2D eigenvalue weighted by molar-refractivity contribution is 0.306. The lowest BCUT2D eigenvalue weighted by atomic mass is 10.1. The van der Waals surface area contributed by atoms with E-state index in [9.17, 15) is 0 Å². The molecule has 3 heterocycles. The Morgan fingerprint density at radius 3 is 2.68 bits per heavy atom. The van der Waals surface area contributed by atoms with Crippen molar-refractivity contribution in [2.75, 3.05) is 18.5 Å². The molecule has 0 unspecified atom stereocenters. The molecule has 0 spiro atoms. The highest BCUT2D eigenvalue weighted by Crippen LogP contribution is 2.35. The summed E-state index contributed by atoms with van der Waals surface area (Å²) in [7, 11) is 0. The van der Waals surface area contributed by atoms with Gasteiger partial charge in [-0.15, -0.1) is 0 Å². The molecule has 0 aliphatic heterocycles. The fourth-order valence-electron chi connectivity index (χ4n) is 2.79. The predicted octanol–water partition coefficient (Wildman–Crippen LogP) is 4.60. The van der Waals surface area contributed by atoms with E-state index in [1.807, 2.05) is 6.07 Å². The van der Waals surface area contributed by atoms with E-state index in [0.717, 1.165) is 0 Å². The molecule has 0 saturated heterocycles. The Kier molecular flexibility index (Phi) is 6.26. The summed E-state index contributed by atoms with van der Waals surface area (Å²) >= 11 is 12.5. The van der Waals surface area contributed by atoms with Crippen molar-refractivity contribution in [3.8, 4) is 34.7 Å². The Labute approximate surface area is 187 Å².